The van der Waals surface area contributed by atoms with Gasteiger partial charge in [-0.3, -0.25) is 0 Å². The van der Waals surface area contributed by atoms with Gasteiger partial charge in [0.25, 0.3) is 0 Å². The fourth-order valence-electron chi connectivity index (χ4n) is 1.55. The molecule has 0 bridgehead atoms. The molecule has 90 valence electrons. The third-order valence-corrected chi connectivity index (χ3v) is 2.75. The van der Waals surface area contributed by atoms with Crippen molar-refractivity contribution in [1.29, 1.82) is 0 Å². The Kier molecular flexibility index (Phi) is 5.10. The normalized spacial score (nSPS) is 12.6. The fraction of sp³-hybridized carbons (Fsp3) is 0.538. The third kappa shape index (κ3) is 3.69. The van der Waals surface area contributed by atoms with Gasteiger partial charge in [-0.25, -0.2) is 0 Å². The summed E-state index contributed by atoms with van der Waals surface area (Å²) in [6.07, 6.45) is 1.79. The Labute approximate surface area is 103 Å². The lowest BCUT2D eigenvalue weighted by Gasteiger charge is -2.14. The third-order valence-electron chi connectivity index (χ3n) is 2.35. The van der Waals surface area contributed by atoms with Crippen LogP contribution in [0.1, 0.15) is 31.4 Å². The van der Waals surface area contributed by atoms with E-state index in [1.54, 1.807) is 0 Å². The van der Waals surface area contributed by atoms with Crippen LogP contribution < -0.4 is 10.5 Å². The zero-order chi connectivity index (χ0) is 12.1. The average Bonchev–Trinajstić information content (AvgIpc) is 2.20. The minimum Gasteiger partial charge on any atom is -0.493 e. The lowest BCUT2D eigenvalue weighted by molar-refractivity contribution is 0.313. The summed E-state index contributed by atoms with van der Waals surface area (Å²) in [4.78, 5) is 0. The Hall–Kier alpha value is -0.730. The van der Waals surface area contributed by atoms with Crippen molar-refractivity contribution >= 4 is 11.6 Å². The van der Waals surface area contributed by atoms with E-state index in [0.29, 0.717) is 0 Å². The van der Waals surface area contributed by atoms with Crippen LogP contribution in [0.2, 0.25) is 5.02 Å². The highest BCUT2D eigenvalue weighted by Gasteiger charge is 2.09. The summed E-state index contributed by atoms with van der Waals surface area (Å²) in [6, 6.07) is 4.07. The Morgan fingerprint density at radius 2 is 2.12 bits per heavy atom. The number of ether oxygens (including phenoxy) is 1. The zero-order valence-corrected chi connectivity index (χ0v) is 11.0. The van der Waals surface area contributed by atoms with Crippen molar-refractivity contribution in [3.05, 3.63) is 28.3 Å². The first-order valence-electron chi connectivity index (χ1n) is 5.72. The highest BCUT2D eigenvalue weighted by molar-refractivity contribution is 6.31. The molecule has 0 saturated heterocycles. The van der Waals surface area contributed by atoms with Gasteiger partial charge in [0, 0.05) is 11.1 Å². The highest BCUT2D eigenvalue weighted by Crippen LogP contribution is 2.27. The van der Waals surface area contributed by atoms with Crippen LogP contribution in [0.5, 0.6) is 5.75 Å². The van der Waals surface area contributed by atoms with E-state index in [1.807, 2.05) is 26.0 Å². The first kappa shape index (κ1) is 13.3. The highest BCUT2D eigenvalue weighted by atomic mass is 35.5. The van der Waals surface area contributed by atoms with Gasteiger partial charge >= 0.3 is 0 Å². The van der Waals surface area contributed by atoms with E-state index in [0.717, 1.165) is 41.3 Å². The minimum absolute atomic E-state index is 0.114. The van der Waals surface area contributed by atoms with Gasteiger partial charge in [-0.15, -0.1) is 0 Å². The van der Waals surface area contributed by atoms with Crippen LogP contribution in [-0.4, -0.2) is 12.6 Å². The molecule has 16 heavy (non-hydrogen) atoms. The van der Waals surface area contributed by atoms with Crippen molar-refractivity contribution in [3.63, 3.8) is 0 Å². The number of rotatable bonds is 5. The Morgan fingerprint density at radius 1 is 1.44 bits per heavy atom. The van der Waals surface area contributed by atoms with Crippen molar-refractivity contribution < 1.29 is 4.74 Å². The molecule has 1 aromatic rings. The van der Waals surface area contributed by atoms with E-state index >= 15 is 0 Å². The SMILES string of the molecule is CCCOc1cc(C)c(Cl)cc1CC(C)N. The second kappa shape index (κ2) is 6.12. The molecule has 1 aromatic carbocycles. The van der Waals surface area contributed by atoms with E-state index < -0.39 is 0 Å². The van der Waals surface area contributed by atoms with Crippen LogP contribution in [0.15, 0.2) is 12.1 Å². The topological polar surface area (TPSA) is 35.2 Å². The van der Waals surface area contributed by atoms with E-state index in [-0.39, 0.29) is 6.04 Å². The second-order valence-corrected chi connectivity index (χ2v) is 4.65. The number of aryl methyl sites for hydroxylation is 1. The van der Waals surface area contributed by atoms with Crippen molar-refractivity contribution in [1.82, 2.24) is 0 Å². The summed E-state index contributed by atoms with van der Waals surface area (Å²) in [5.74, 6) is 0.918. The average molecular weight is 242 g/mol. The molecule has 0 aliphatic rings. The zero-order valence-electron chi connectivity index (χ0n) is 10.2. The van der Waals surface area contributed by atoms with Crippen LogP contribution in [0.3, 0.4) is 0 Å². The maximum absolute atomic E-state index is 6.11. The number of benzene rings is 1. The molecule has 1 rings (SSSR count). The molecule has 2 N–H and O–H groups in total. The number of halogens is 1. The molecule has 0 aliphatic heterocycles. The predicted octanol–water partition coefficient (Wildman–Crippen LogP) is 3.33. The summed E-state index contributed by atoms with van der Waals surface area (Å²) >= 11 is 6.11. The van der Waals surface area contributed by atoms with Crippen molar-refractivity contribution in [2.75, 3.05) is 6.61 Å². The minimum atomic E-state index is 0.114. The monoisotopic (exact) mass is 241 g/mol. The van der Waals surface area contributed by atoms with E-state index in [4.69, 9.17) is 22.1 Å². The Morgan fingerprint density at radius 3 is 2.69 bits per heavy atom. The van der Waals surface area contributed by atoms with Gasteiger partial charge in [0.1, 0.15) is 5.75 Å². The molecule has 0 fully saturated rings. The van der Waals surface area contributed by atoms with Gasteiger partial charge < -0.3 is 10.5 Å². The number of nitrogens with two attached hydrogens (primary N) is 1. The summed E-state index contributed by atoms with van der Waals surface area (Å²) < 4.78 is 5.71. The molecule has 0 heterocycles. The number of hydrogen-bond acceptors (Lipinski definition) is 2. The first-order valence-corrected chi connectivity index (χ1v) is 6.09. The summed E-state index contributed by atoms with van der Waals surface area (Å²) in [7, 11) is 0. The summed E-state index contributed by atoms with van der Waals surface area (Å²) in [5.41, 5.74) is 7.95. The lowest BCUT2D eigenvalue weighted by Crippen LogP contribution is -2.18. The van der Waals surface area contributed by atoms with E-state index in [2.05, 4.69) is 6.92 Å². The molecule has 1 unspecified atom stereocenters. The maximum atomic E-state index is 6.11. The Bertz CT molecular complexity index is 350. The molecule has 0 spiro atoms. The van der Waals surface area contributed by atoms with Gasteiger partial charge in [0.05, 0.1) is 6.61 Å². The maximum Gasteiger partial charge on any atom is 0.122 e. The molecule has 0 aromatic heterocycles. The molecule has 0 aliphatic carbocycles. The quantitative estimate of drug-likeness (QED) is 0.858. The van der Waals surface area contributed by atoms with E-state index in [9.17, 15) is 0 Å². The predicted molar refractivity (Wildman–Crippen MR) is 69.3 cm³/mol. The van der Waals surface area contributed by atoms with Gasteiger partial charge in [-0.05, 0) is 49.9 Å². The van der Waals surface area contributed by atoms with Crippen LogP contribution in [-0.2, 0) is 6.42 Å². The van der Waals surface area contributed by atoms with Gasteiger partial charge in [0.2, 0.25) is 0 Å². The standard InChI is InChI=1S/C13H20ClNO/c1-4-5-16-13-6-9(2)12(14)8-11(13)7-10(3)15/h6,8,10H,4-5,7,15H2,1-3H3. The lowest BCUT2D eigenvalue weighted by atomic mass is 10.0. The van der Waals surface area contributed by atoms with E-state index in [1.165, 1.54) is 0 Å². The molecule has 1 atom stereocenters. The van der Waals surface area contributed by atoms with Crippen LogP contribution in [0, 0.1) is 6.92 Å². The van der Waals surface area contributed by atoms with Crippen molar-refractivity contribution in [2.45, 2.75) is 39.7 Å². The molecule has 0 radical (unpaired) electrons. The molecule has 0 amide bonds. The van der Waals surface area contributed by atoms with Crippen molar-refractivity contribution in [3.8, 4) is 5.75 Å². The smallest absolute Gasteiger partial charge is 0.122 e. The largest absolute Gasteiger partial charge is 0.493 e. The molecular weight excluding hydrogens is 222 g/mol. The van der Waals surface area contributed by atoms with Crippen molar-refractivity contribution in [2.24, 2.45) is 5.73 Å². The Balaban J connectivity index is 2.96. The summed E-state index contributed by atoms with van der Waals surface area (Å²) in [5, 5.41) is 0.777. The first-order chi connectivity index (χ1) is 7.54. The fourth-order valence-corrected chi connectivity index (χ4v) is 1.74. The second-order valence-electron chi connectivity index (χ2n) is 4.24. The van der Waals surface area contributed by atoms with Gasteiger partial charge in [-0.1, -0.05) is 18.5 Å². The number of hydrogen-bond donors (Lipinski definition) is 1. The molecule has 2 nitrogen and oxygen atoms in total. The van der Waals surface area contributed by atoms with Crippen LogP contribution in [0.4, 0.5) is 0 Å². The van der Waals surface area contributed by atoms with Crippen LogP contribution in [0.25, 0.3) is 0 Å². The van der Waals surface area contributed by atoms with Gasteiger partial charge in [0.15, 0.2) is 0 Å². The van der Waals surface area contributed by atoms with Crippen LogP contribution >= 0.6 is 11.6 Å². The molecular formula is C13H20ClNO. The molecule has 0 saturated carbocycles. The summed E-state index contributed by atoms with van der Waals surface area (Å²) in [6.45, 7) is 6.79. The van der Waals surface area contributed by atoms with Gasteiger partial charge in [-0.2, -0.15) is 0 Å². The molecule has 3 heteroatoms.